The van der Waals surface area contributed by atoms with E-state index in [9.17, 15) is 14.1 Å². The summed E-state index contributed by atoms with van der Waals surface area (Å²) in [6.45, 7) is 13.3. The number of benzene rings is 2. The van der Waals surface area contributed by atoms with Crippen molar-refractivity contribution in [2.24, 2.45) is 0 Å². The molecule has 2 N–H and O–H groups in total. The van der Waals surface area contributed by atoms with Crippen LogP contribution in [0.1, 0.15) is 20.8 Å². The third kappa shape index (κ3) is 8.76. The van der Waals surface area contributed by atoms with Gasteiger partial charge >= 0.3 is 12.1 Å². The second kappa shape index (κ2) is 14.5. The van der Waals surface area contributed by atoms with Crippen LogP contribution in [0.5, 0.6) is 6.01 Å². The van der Waals surface area contributed by atoms with Crippen LogP contribution in [0.3, 0.4) is 0 Å². The van der Waals surface area contributed by atoms with Crippen molar-refractivity contribution in [2.75, 3.05) is 19.8 Å². The van der Waals surface area contributed by atoms with Gasteiger partial charge in [0.05, 0.1) is 33.6 Å². The molecule has 0 spiro atoms. The van der Waals surface area contributed by atoms with Crippen LogP contribution in [0.25, 0.3) is 33.5 Å². The Kier molecular flexibility index (Phi) is 10.6. The van der Waals surface area contributed by atoms with Crippen molar-refractivity contribution in [3.05, 3.63) is 59.6 Å². The van der Waals surface area contributed by atoms with Gasteiger partial charge in [-0.3, -0.25) is 4.57 Å². The van der Waals surface area contributed by atoms with Gasteiger partial charge in [0.2, 0.25) is 0 Å². The van der Waals surface area contributed by atoms with Gasteiger partial charge in [0, 0.05) is 25.1 Å². The fraction of sp³-hybridized carbons (Fsp3) is 0.444. The number of aliphatic hydroxyl groups excluding tert-OH is 1. The molecule has 0 saturated carbocycles. The van der Waals surface area contributed by atoms with Crippen LogP contribution in [0.4, 0.5) is 4.79 Å². The van der Waals surface area contributed by atoms with E-state index < -0.39 is 53.9 Å². The number of nitrogens with zero attached hydrogens (tertiary/aromatic N) is 3. The van der Waals surface area contributed by atoms with Crippen LogP contribution in [-0.4, -0.2) is 93.7 Å². The van der Waals surface area contributed by atoms with Crippen molar-refractivity contribution in [1.82, 2.24) is 19.3 Å². The summed E-state index contributed by atoms with van der Waals surface area (Å²) >= 11 is 6.80. The first-order valence-electron chi connectivity index (χ1n) is 16.8. The van der Waals surface area contributed by atoms with Gasteiger partial charge in [0.1, 0.15) is 36.2 Å². The summed E-state index contributed by atoms with van der Waals surface area (Å²) in [6, 6.07) is 17.8. The van der Waals surface area contributed by atoms with Gasteiger partial charge in [-0.25, -0.2) is 18.7 Å². The standard InChI is InChI=1S/C36H45ClN4O8SSi/c1-36(2,3)49-35(43)40-50(4,44)25-14-12-23(13-15-25)22-8-10-24(11-9-22)30-26(37)18-27-33(39-30)41(21-45-16-17-51(5,6)7)34(38-27)48-29-20-47-31-28(42)19-46-32(29)31/h8-15,18,28-29,31-32,42H,4,16-17,19-21H2,1-3,5-7H3,(H,40,43,44)/t28-,29-,31-,32-,50?/m1/s1. The minimum atomic E-state index is -3.12. The highest BCUT2D eigenvalue weighted by molar-refractivity contribution is 7.99. The minimum Gasteiger partial charge on any atom is -0.456 e. The van der Waals surface area contributed by atoms with Crippen molar-refractivity contribution in [3.8, 4) is 28.4 Å². The third-order valence-electron chi connectivity index (χ3n) is 8.47. The van der Waals surface area contributed by atoms with Crippen molar-refractivity contribution < 1.29 is 37.8 Å². The van der Waals surface area contributed by atoms with Gasteiger partial charge in [-0.05, 0) is 62.0 Å². The first-order valence-corrected chi connectivity index (χ1v) is 22.6. The average Bonchev–Trinajstić information content (AvgIpc) is 3.72. The van der Waals surface area contributed by atoms with Crippen molar-refractivity contribution in [3.63, 3.8) is 0 Å². The van der Waals surface area contributed by atoms with E-state index in [2.05, 4.69) is 30.2 Å². The summed E-state index contributed by atoms with van der Waals surface area (Å²) in [5.41, 5.74) is 3.52. The van der Waals surface area contributed by atoms with Gasteiger partial charge < -0.3 is 28.8 Å². The quantitative estimate of drug-likeness (QED) is 0.104. The zero-order valence-corrected chi connectivity index (χ0v) is 32.3. The van der Waals surface area contributed by atoms with Gasteiger partial charge in [0.15, 0.2) is 11.8 Å². The molecule has 1 amide bonds. The highest BCUT2D eigenvalue weighted by Gasteiger charge is 2.49. The number of fused-ring (bicyclic) bond motifs is 2. The Morgan fingerprint density at radius 1 is 1.04 bits per heavy atom. The normalized spacial score (nSPS) is 21.7. The molecule has 2 saturated heterocycles. The lowest BCUT2D eigenvalue weighted by atomic mass is 10.0. The summed E-state index contributed by atoms with van der Waals surface area (Å²) in [5.74, 6) is 3.72. The van der Waals surface area contributed by atoms with Crippen LogP contribution >= 0.6 is 11.6 Å². The third-order valence-corrected chi connectivity index (χ3v) is 12.0. The summed E-state index contributed by atoms with van der Waals surface area (Å²) in [4.78, 5) is 22.3. The highest BCUT2D eigenvalue weighted by Crippen LogP contribution is 2.35. The molecule has 51 heavy (non-hydrogen) atoms. The van der Waals surface area contributed by atoms with E-state index in [1.165, 1.54) is 0 Å². The Labute approximate surface area is 304 Å². The van der Waals surface area contributed by atoms with Crippen LogP contribution in [0, 0.1) is 0 Å². The number of hydrogen-bond donors (Lipinski definition) is 2. The number of halogens is 1. The van der Waals surface area contributed by atoms with Gasteiger partial charge in [-0.2, -0.15) is 4.98 Å². The number of nitrogens with one attached hydrogen (secondary N) is 1. The molecule has 6 rings (SSSR count). The molecule has 12 nitrogen and oxygen atoms in total. The lowest BCUT2D eigenvalue weighted by Crippen LogP contribution is -2.36. The van der Waals surface area contributed by atoms with E-state index in [0.717, 1.165) is 22.7 Å². The Morgan fingerprint density at radius 3 is 2.31 bits per heavy atom. The Hall–Kier alpha value is -3.50. The molecule has 2 aliphatic rings. The number of pyridine rings is 1. The lowest BCUT2D eigenvalue weighted by Gasteiger charge is -2.21. The summed E-state index contributed by atoms with van der Waals surface area (Å²) in [6.07, 6.45) is -2.79. The number of hydrogen-bond acceptors (Lipinski definition) is 10. The fourth-order valence-electron chi connectivity index (χ4n) is 5.81. The predicted molar refractivity (Wildman–Crippen MR) is 200 cm³/mol. The molecule has 274 valence electrons. The van der Waals surface area contributed by atoms with Gasteiger partial charge in [-0.15, -0.1) is 0 Å². The first-order chi connectivity index (χ1) is 24.0. The van der Waals surface area contributed by atoms with Crippen molar-refractivity contribution in [1.29, 1.82) is 0 Å². The van der Waals surface area contributed by atoms with E-state index >= 15 is 0 Å². The summed E-state index contributed by atoms with van der Waals surface area (Å²) < 4.78 is 46.6. The number of aromatic nitrogens is 3. The number of aliphatic hydroxyl groups is 1. The molecular formula is C36H45ClN4O8SSi. The van der Waals surface area contributed by atoms with E-state index in [1.54, 1.807) is 43.5 Å². The molecule has 5 atom stereocenters. The number of carbonyl (C=O) groups is 1. The zero-order chi connectivity index (χ0) is 36.7. The first kappa shape index (κ1) is 37.3. The molecule has 0 radical (unpaired) electrons. The number of rotatable bonds is 11. The van der Waals surface area contributed by atoms with E-state index in [0.29, 0.717) is 39.4 Å². The number of ether oxygens (including phenoxy) is 5. The maximum atomic E-state index is 13.2. The molecule has 1 unspecified atom stereocenters. The predicted octanol–water partition coefficient (Wildman–Crippen LogP) is 6.15. The van der Waals surface area contributed by atoms with Crippen LogP contribution in [0.2, 0.25) is 30.7 Å². The summed E-state index contributed by atoms with van der Waals surface area (Å²) in [7, 11) is -4.44. The topological polar surface area (TPSA) is 143 Å². The second-order valence-electron chi connectivity index (χ2n) is 15.0. The summed E-state index contributed by atoms with van der Waals surface area (Å²) in [5, 5.41) is 10.6. The number of imidazole rings is 1. The van der Waals surface area contributed by atoms with Crippen LogP contribution in [-0.2, 0) is 35.4 Å². The second-order valence-corrected chi connectivity index (χ2v) is 23.1. The van der Waals surface area contributed by atoms with Crippen molar-refractivity contribution in [2.45, 2.75) is 88.1 Å². The number of carbonyl (C=O) groups excluding carboxylic acids is 1. The Bertz CT molecular complexity index is 1990. The molecule has 2 fully saturated rings. The maximum absolute atomic E-state index is 13.2. The molecule has 4 aromatic rings. The molecular weight excluding hydrogens is 712 g/mol. The van der Waals surface area contributed by atoms with E-state index in [4.69, 9.17) is 45.3 Å². The maximum Gasteiger partial charge on any atom is 0.419 e. The lowest BCUT2D eigenvalue weighted by molar-refractivity contribution is 0.00336. The Morgan fingerprint density at radius 2 is 1.67 bits per heavy atom. The highest BCUT2D eigenvalue weighted by atomic mass is 35.5. The molecule has 2 aliphatic heterocycles. The number of amides is 1. The fourth-order valence-corrected chi connectivity index (χ4v) is 7.82. The SMILES string of the molecule is C=S(=O)(NC(=O)OC(C)(C)C)c1ccc(-c2ccc(-c3nc4c(cc3Cl)nc(O[C@@H]3CO[C@H]5[C@@H]3OC[C@H]5O)n4COCC[Si](C)(C)C)cc2)cc1. The largest absolute Gasteiger partial charge is 0.456 e. The molecule has 15 heteroatoms. The average molecular weight is 757 g/mol. The van der Waals surface area contributed by atoms with Crippen molar-refractivity contribution >= 4 is 52.5 Å². The minimum absolute atomic E-state index is 0.178. The smallest absolute Gasteiger partial charge is 0.419 e. The van der Waals surface area contributed by atoms with Crippen LogP contribution < -0.4 is 9.46 Å². The van der Waals surface area contributed by atoms with E-state index in [1.807, 2.05) is 36.4 Å². The Balaban J connectivity index is 1.23. The molecule has 2 aromatic carbocycles. The molecule has 4 heterocycles. The molecule has 2 aromatic heterocycles. The molecule has 0 bridgehead atoms. The van der Waals surface area contributed by atoms with Gasteiger partial charge in [-0.1, -0.05) is 67.6 Å². The molecule has 0 aliphatic carbocycles. The van der Waals surface area contributed by atoms with Crippen LogP contribution in [0.15, 0.2) is 59.5 Å². The van der Waals surface area contributed by atoms with E-state index in [-0.39, 0.29) is 19.9 Å². The monoisotopic (exact) mass is 756 g/mol. The zero-order valence-electron chi connectivity index (χ0n) is 29.7. The van der Waals surface area contributed by atoms with Gasteiger partial charge in [0.25, 0.3) is 0 Å².